The van der Waals surface area contributed by atoms with E-state index >= 15 is 0 Å². The molecule has 7 heteroatoms. The van der Waals surface area contributed by atoms with Gasteiger partial charge in [0.25, 0.3) is 11.8 Å². The predicted octanol–water partition coefficient (Wildman–Crippen LogP) is 3.06. The van der Waals surface area contributed by atoms with E-state index in [1.165, 1.54) is 29.8 Å². The smallest absolute Gasteiger partial charge is 0.272 e. The average Bonchev–Trinajstić information content (AvgIpc) is 3.28. The highest BCUT2D eigenvalue weighted by Gasteiger charge is 2.15. The Bertz CT molecular complexity index is 899. The lowest BCUT2D eigenvalue weighted by molar-refractivity contribution is -0.117. The topological polar surface area (TPSA) is 97.4 Å². The average molecular weight is 353 g/mol. The summed E-state index contributed by atoms with van der Waals surface area (Å²) in [6.07, 6.45) is 4.25. The van der Waals surface area contributed by atoms with E-state index < -0.39 is 11.8 Å². The first-order chi connectivity index (χ1) is 12.1. The lowest BCUT2D eigenvalue weighted by Gasteiger charge is -2.04. The lowest BCUT2D eigenvalue weighted by Crippen LogP contribution is -2.40. The molecule has 0 unspecified atom stereocenters. The van der Waals surface area contributed by atoms with Gasteiger partial charge in [-0.2, -0.15) is 0 Å². The van der Waals surface area contributed by atoms with Crippen molar-refractivity contribution in [3.8, 4) is 10.4 Å². The molecule has 0 aliphatic heterocycles. The van der Waals surface area contributed by atoms with Crippen molar-refractivity contribution in [1.82, 2.24) is 10.9 Å². The second kappa shape index (κ2) is 7.50. The third-order valence-corrected chi connectivity index (χ3v) is 4.32. The molecule has 126 valence electrons. The molecule has 0 atom stereocenters. The largest absolute Gasteiger partial charge is 0.465 e. The summed E-state index contributed by atoms with van der Waals surface area (Å²) >= 11 is 1.32. The summed E-state index contributed by atoms with van der Waals surface area (Å²) < 4.78 is 5.07. The van der Waals surface area contributed by atoms with Crippen LogP contribution in [0.1, 0.15) is 16.1 Å². The second-order valence-corrected chi connectivity index (χ2v) is 6.13. The number of nitrogens with one attached hydrogen (secondary N) is 2. The number of rotatable bonds is 4. The Kier molecular flexibility index (Phi) is 4.96. The normalized spacial score (nSPS) is 10.7. The van der Waals surface area contributed by atoms with E-state index in [0.29, 0.717) is 16.3 Å². The number of nitrogens with two attached hydrogens (primary N) is 1. The molecule has 2 amide bonds. The van der Waals surface area contributed by atoms with Gasteiger partial charge in [-0.25, -0.2) is 0 Å². The molecule has 0 spiro atoms. The van der Waals surface area contributed by atoms with Crippen molar-refractivity contribution in [3.05, 3.63) is 72.2 Å². The predicted molar refractivity (Wildman–Crippen MR) is 97.5 cm³/mol. The molecule has 3 aromatic rings. The summed E-state index contributed by atoms with van der Waals surface area (Å²) in [4.78, 5) is 24.8. The molecule has 2 heterocycles. The first-order valence-electron chi connectivity index (χ1n) is 7.40. The van der Waals surface area contributed by atoms with Crippen molar-refractivity contribution < 1.29 is 14.0 Å². The molecule has 2 aromatic heterocycles. The highest BCUT2D eigenvalue weighted by Crippen LogP contribution is 2.33. The number of amides is 2. The number of hydrazine groups is 1. The Balaban J connectivity index is 1.62. The Morgan fingerprint density at radius 2 is 1.88 bits per heavy atom. The number of carbonyl (C=O) groups excluding carboxylic acids is 2. The van der Waals surface area contributed by atoms with Gasteiger partial charge in [-0.05, 0) is 29.8 Å². The first kappa shape index (κ1) is 16.5. The van der Waals surface area contributed by atoms with Crippen molar-refractivity contribution in [1.29, 1.82) is 0 Å². The van der Waals surface area contributed by atoms with Crippen molar-refractivity contribution in [2.24, 2.45) is 0 Å². The third-order valence-electron chi connectivity index (χ3n) is 3.31. The standard InChI is InChI=1S/C18H15N3O3S/c19-17-14(11-15(25-17)12-5-2-1-3-6-12)18(23)21-20-16(22)9-8-13-7-4-10-24-13/h1-11H,19H2,(H,20,22)(H,21,23)/b9-8+. The van der Waals surface area contributed by atoms with E-state index in [9.17, 15) is 9.59 Å². The number of hydrogen-bond donors (Lipinski definition) is 3. The summed E-state index contributed by atoms with van der Waals surface area (Å²) in [5, 5.41) is 0.386. The minimum atomic E-state index is -0.484. The maximum Gasteiger partial charge on any atom is 0.272 e. The van der Waals surface area contributed by atoms with Crippen LogP contribution in [0.25, 0.3) is 16.5 Å². The number of thiophene rings is 1. The summed E-state index contributed by atoms with van der Waals surface area (Å²) in [6.45, 7) is 0. The molecule has 0 aliphatic rings. The minimum absolute atomic E-state index is 0.319. The zero-order chi connectivity index (χ0) is 17.6. The molecule has 0 saturated carbocycles. The van der Waals surface area contributed by atoms with E-state index in [-0.39, 0.29) is 0 Å². The fourth-order valence-corrected chi connectivity index (χ4v) is 3.03. The van der Waals surface area contributed by atoms with Crippen LogP contribution in [0.2, 0.25) is 0 Å². The molecule has 0 radical (unpaired) electrons. The van der Waals surface area contributed by atoms with Crippen molar-refractivity contribution in [3.63, 3.8) is 0 Å². The number of benzene rings is 1. The first-order valence-corrected chi connectivity index (χ1v) is 8.22. The van der Waals surface area contributed by atoms with Crippen molar-refractivity contribution in [2.75, 3.05) is 5.73 Å². The number of furan rings is 1. The van der Waals surface area contributed by atoms with Gasteiger partial charge in [-0.3, -0.25) is 20.4 Å². The van der Waals surface area contributed by atoms with Gasteiger partial charge >= 0.3 is 0 Å². The van der Waals surface area contributed by atoms with E-state index in [4.69, 9.17) is 10.2 Å². The molecule has 3 rings (SSSR count). The Hall–Kier alpha value is -3.32. The SMILES string of the molecule is Nc1sc(-c2ccccc2)cc1C(=O)NNC(=O)/C=C/c1ccco1. The van der Waals surface area contributed by atoms with Crippen LogP contribution in [-0.4, -0.2) is 11.8 Å². The molecular weight excluding hydrogens is 338 g/mol. The van der Waals surface area contributed by atoms with Crippen LogP contribution in [0.4, 0.5) is 5.00 Å². The summed E-state index contributed by atoms with van der Waals surface area (Å²) in [5.74, 6) is -0.423. The third kappa shape index (κ3) is 4.15. The molecule has 1 aromatic carbocycles. The molecule has 0 saturated heterocycles. The summed E-state index contributed by atoms with van der Waals surface area (Å²) in [6, 6.07) is 14.7. The Labute approximate surface area is 147 Å². The second-order valence-electron chi connectivity index (χ2n) is 5.05. The van der Waals surface area contributed by atoms with Crippen LogP contribution in [0.5, 0.6) is 0 Å². The quantitative estimate of drug-likeness (QED) is 0.496. The Morgan fingerprint density at radius 3 is 2.60 bits per heavy atom. The lowest BCUT2D eigenvalue weighted by atomic mass is 10.1. The van der Waals surface area contributed by atoms with E-state index in [2.05, 4.69) is 10.9 Å². The van der Waals surface area contributed by atoms with Crippen LogP contribution in [0.3, 0.4) is 0 Å². The fraction of sp³-hybridized carbons (Fsp3) is 0. The molecule has 0 bridgehead atoms. The molecule has 25 heavy (non-hydrogen) atoms. The van der Waals surface area contributed by atoms with Gasteiger partial charge in [0.1, 0.15) is 5.76 Å². The highest BCUT2D eigenvalue weighted by molar-refractivity contribution is 7.19. The van der Waals surface area contributed by atoms with Gasteiger partial charge in [0.15, 0.2) is 0 Å². The number of hydrogen-bond acceptors (Lipinski definition) is 5. The van der Waals surface area contributed by atoms with Crippen LogP contribution < -0.4 is 16.6 Å². The molecule has 6 nitrogen and oxygen atoms in total. The number of anilines is 1. The van der Waals surface area contributed by atoms with E-state index in [1.54, 1.807) is 18.2 Å². The zero-order valence-corrected chi connectivity index (χ0v) is 13.9. The number of carbonyl (C=O) groups is 2. The summed E-state index contributed by atoms with van der Waals surface area (Å²) in [7, 11) is 0. The van der Waals surface area contributed by atoms with Gasteiger partial charge in [-0.15, -0.1) is 11.3 Å². The highest BCUT2D eigenvalue weighted by atomic mass is 32.1. The molecule has 0 aliphatic carbocycles. The van der Waals surface area contributed by atoms with E-state index in [0.717, 1.165) is 10.4 Å². The van der Waals surface area contributed by atoms with Gasteiger partial charge in [-0.1, -0.05) is 30.3 Å². The fourth-order valence-electron chi connectivity index (χ4n) is 2.10. The van der Waals surface area contributed by atoms with Gasteiger partial charge in [0.05, 0.1) is 16.8 Å². The van der Waals surface area contributed by atoms with Gasteiger partial charge in [0, 0.05) is 11.0 Å². The summed E-state index contributed by atoms with van der Waals surface area (Å²) in [5.41, 5.74) is 11.9. The molecule has 0 fully saturated rings. The van der Waals surface area contributed by atoms with Gasteiger partial charge in [0.2, 0.25) is 0 Å². The molecule has 4 N–H and O–H groups in total. The van der Waals surface area contributed by atoms with Crippen LogP contribution >= 0.6 is 11.3 Å². The van der Waals surface area contributed by atoms with Crippen molar-refractivity contribution >= 4 is 34.2 Å². The van der Waals surface area contributed by atoms with Crippen LogP contribution in [0.15, 0.2) is 65.3 Å². The number of nitrogen functional groups attached to an aromatic ring is 1. The molecular formula is C18H15N3O3S. The zero-order valence-electron chi connectivity index (χ0n) is 13.1. The van der Waals surface area contributed by atoms with Crippen molar-refractivity contribution in [2.45, 2.75) is 0 Å². The minimum Gasteiger partial charge on any atom is -0.465 e. The monoisotopic (exact) mass is 353 g/mol. The Morgan fingerprint density at radius 1 is 1.08 bits per heavy atom. The maximum absolute atomic E-state index is 12.2. The van der Waals surface area contributed by atoms with E-state index in [1.807, 2.05) is 30.3 Å². The maximum atomic E-state index is 12.2. The van der Waals surface area contributed by atoms with Crippen LogP contribution in [0, 0.1) is 0 Å². The van der Waals surface area contributed by atoms with Crippen LogP contribution in [-0.2, 0) is 4.79 Å². The van der Waals surface area contributed by atoms with Gasteiger partial charge < -0.3 is 10.2 Å².